The van der Waals surface area contributed by atoms with Gasteiger partial charge >= 0.3 is 0 Å². The molecule has 0 atom stereocenters. The highest BCUT2D eigenvalue weighted by molar-refractivity contribution is 8.00. The fourth-order valence-electron chi connectivity index (χ4n) is 2.63. The van der Waals surface area contributed by atoms with Crippen molar-refractivity contribution in [3.05, 3.63) is 46.1 Å². The molecular formula is C21H24N4O3S. The van der Waals surface area contributed by atoms with E-state index in [-0.39, 0.29) is 24.1 Å². The van der Waals surface area contributed by atoms with E-state index < -0.39 is 0 Å². The molecule has 2 rings (SSSR count). The first kappa shape index (κ1) is 22.2. The topological polar surface area (TPSA) is 104 Å². The molecule has 0 saturated heterocycles. The number of thioether (sulfide) groups is 1. The van der Waals surface area contributed by atoms with E-state index in [1.54, 1.807) is 12.1 Å². The van der Waals surface area contributed by atoms with Crippen LogP contribution < -0.4 is 15.4 Å². The van der Waals surface area contributed by atoms with Gasteiger partial charge in [0, 0.05) is 5.69 Å². The molecule has 0 bridgehead atoms. The number of nitrogens with zero attached hydrogens (tertiary/aromatic N) is 2. The summed E-state index contributed by atoms with van der Waals surface area (Å²) in [4.78, 5) is 28.7. The molecule has 1 heterocycles. The molecule has 7 nitrogen and oxygen atoms in total. The first-order valence-corrected chi connectivity index (χ1v) is 9.97. The summed E-state index contributed by atoms with van der Waals surface area (Å²) >= 11 is 1.18. The lowest BCUT2D eigenvalue weighted by Crippen LogP contribution is -2.34. The van der Waals surface area contributed by atoms with E-state index >= 15 is 0 Å². The predicted molar refractivity (Wildman–Crippen MR) is 113 cm³/mol. The number of aryl methyl sites for hydroxylation is 2. The summed E-state index contributed by atoms with van der Waals surface area (Å²) in [6.45, 7) is 7.41. The van der Waals surface area contributed by atoms with E-state index in [1.807, 2.05) is 33.8 Å². The normalized spacial score (nSPS) is 10.2. The summed E-state index contributed by atoms with van der Waals surface area (Å²) in [7, 11) is 1.53. The van der Waals surface area contributed by atoms with Crippen LogP contribution in [-0.2, 0) is 9.59 Å². The molecule has 0 spiro atoms. The van der Waals surface area contributed by atoms with Crippen molar-refractivity contribution in [1.82, 2.24) is 10.3 Å². The van der Waals surface area contributed by atoms with Gasteiger partial charge in [0.25, 0.3) is 0 Å². The Bertz CT molecular complexity index is 983. The number of aromatic nitrogens is 1. The highest BCUT2D eigenvalue weighted by atomic mass is 32.2. The molecule has 2 N–H and O–H groups in total. The SMILES string of the molecule is COc1ccc(C)cc1NC(=O)CNC(=O)CSc1nc(C)c(C)c(C)c1C#N. The third-order valence-electron chi connectivity index (χ3n) is 4.49. The van der Waals surface area contributed by atoms with Crippen molar-refractivity contribution in [3.63, 3.8) is 0 Å². The minimum atomic E-state index is -0.356. The number of rotatable bonds is 7. The zero-order valence-electron chi connectivity index (χ0n) is 17.2. The molecule has 0 aliphatic heterocycles. The summed E-state index contributed by atoms with van der Waals surface area (Å²) in [6, 6.07) is 7.60. The van der Waals surface area contributed by atoms with Gasteiger partial charge in [-0.15, -0.1) is 0 Å². The summed E-state index contributed by atoms with van der Waals surface area (Å²) in [5.74, 6) is -0.0657. The van der Waals surface area contributed by atoms with E-state index in [2.05, 4.69) is 21.7 Å². The molecule has 29 heavy (non-hydrogen) atoms. The van der Waals surface area contributed by atoms with Crippen LogP contribution >= 0.6 is 11.8 Å². The van der Waals surface area contributed by atoms with Crippen molar-refractivity contribution < 1.29 is 14.3 Å². The number of pyridine rings is 1. The third kappa shape index (κ3) is 5.72. The fourth-order valence-corrected chi connectivity index (χ4v) is 3.54. The Kier molecular flexibility index (Phi) is 7.62. The molecule has 1 aromatic carbocycles. The smallest absolute Gasteiger partial charge is 0.243 e. The van der Waals surface area contributed by atoms with E-state index in [9.17, 15) is 14.9 Å². The molecule has 0 radical (unpaired) electrons. The number of hydrogen-bond acceptors (Lipinski definition) is 6. The fraction of sp³-hybridized carbons (Fsp3) is 0.333. The van der Waals surface area contributed by atoms with Crippen LogP contribution in [0.3, 0.4) is 0 Å². The number of ether oxygens (including phenoxy) is 1. The lowest BCUT2D eigenvalue weighted by atomic mass is 10.1. The van der Waals surface area contributed by atoms with Gasteiger partial charge in [-0.3, -0.25) is 9.59 Å². The molecule has 0 aliphatic carbocycles. The van der Waals surface area contributed by atoms with Gasteiger partial charge in [0.1, 0.15) is 16.8 Å². The Morgan fingerprint density at radius 3 is 2.55 bits per heavy atom. The maximum atomic E-state index is 12.2. The van der Waals surface area contributed by atoms with Gasteiger partial charge in [-0.2, -0.15) is 5.26 Å². The first-order valence-electron chi connectivity index (χ1n) is 8.98. The molecule has 2 amide bonds. The quantitative estimate of drug-likeness (QED) is 0.678. The van der Waals surface area contributed by atoms with Crippen LogP contribution in [0.15, 0.2) is 23.2 Å². The maximum Gasteiger partial charge on any atom is 0.243 e. The van der Waals surface area contributed by atoms with Gasteiger partial charge in [0.2, 0.25) is 11.8 Å². The van der Waals surface area contributed by atoms with Crippen molar-refractivity contribution in [3.8, 4) is 11.8 Å². The lowest BCUT2D eigenvalue weighted by molar-refractivity contribution is -0.122. The molecule has 0 unspecified atom stereocenters. The van der Waals surface area contributed by atoms with Gasteiger partial charge in [0.15, 0.2) is 0 Å². The summed E-state index contributed by atoms with van der Waals surface area (Å²) in [6.07, 6.45) is 0. The molecular weight excluding hydrogens is 388 g/mol. The minimum absolute atomic E-state index is 0.0602. The van der Waals surface area contributed by atoms with Crippen LogP contribution in [0.5, 0.6) is 5.75 Å². The van der Waals surface area contributed by atoms with E-state index in [4.69, 9.17) is 4.74 Å². The molecule has 0 fully saturated rings. The zero-order chi connectivity index (χ0) is 21.6. The van der Waals surface area contributed by atoms with Crippen molar-refractivity contribution in [2.75, 3.05) is 24.7 Å². The number of carbonyl (C=O) groups is 2. The second kappa shape index (κ2) is 9.94. The van der Waals surface area contributed by atoms with Crippen molar-refractivity contribution >= 4 is 29.3 Å². The number of methoxy groups -OCH3 is 1. The van der Waals surface area contributed by atoms with Gasteiger partial charge < -0.3 is 15.4 Å². The lowest BCUT2D eigenvalue weighted by Gasteiger charge is -2.12. The number of anilines is 1. The maximum absolute atomic E-state index is 12.2. The minimum Gasteiger partial charge on any atom is -0.495 e. The molecule has 2 aromatic rings. The van der Waals surface area contributed by atoms with E-state index in [0.29, 0.717) is 22.0 Å². The summed E-state index contributed by atoms with van der Waals surface area (Å²) in [5, 5.41) is 15.2. The zero-order valence-corrected chi connectivity index (χ0v) is 18.0. The van der Waals surface area contributed by atoms with Crippen LogP contribution in [0.25, 0.3) is 0 Å². The van der Waals surface area contributed by atoms with Crippen LogP contribution in [0.4, 0.5) is 5.69 Å². The summed E-state index contributed by atoms with van der Waals surface area (Å²) in [5.41, 5.74) is 4.68. The number of hydrogen-bond donors (Lipinski definition) is 2. The van der Waals surface area contributed by atoms with Gasteiger partial charge in [0.05, 0.1) is 30.7 Å². The Morgan fingerprint density at radius 1 is 1.17 bits per heavy atom. The third-order valence-corrected chi connectivity index (χ3v) is 5.47. The molecule has 1 aromatic heterocycles. The van der Waals surface area contributed by atoms with Crippen molar-refractivity contribution in [1.29, 1.82) is 5.26 Å². The Morgan fingerprint density at radius 2 is 1.90 bits per heavy atom. The average Bonchev–Trinajstić information content (AvgIpc) is 2.69. The Hall–Kier alpha value is -3.05. The number of benzene rings is 1. The monoisotopic (exact) mass is 412 g/mol. The molecule has 8 heteroatoms. The van der Waals surface area contributed by atoms with Crippen LogP contribution in [0, 0.1) is 39.0 Å². The largest absolute Gasteiger partial charge is 0.495 e. The van der Waals surface area contributed by atoms with E-state index in [0.717, 1.165) is 22.4 Å². The molecule has 0 aliphatic rings. The Labute approximate surface area is 174 Å². The van der Waals surface area contributed by atoms with Crippen LogP contribution in [0.1, 0.15) is 27.9 Å². The highest BCUT2D eigenvalue weighted by Gasteiger charge is 2.15. The van der Waals surface area contributed by atoms with Crippen molar-refractivity contribution in [2.45, 2.75) is 32.7 Å². The highest BCUT2D eigenvalue weighted by Crippen LogP contribution is 2.26. The first-order chi connectivity index (χ1) is 13.8. The Balaban J connectivity index is 1.92. The second-order valence-corrected chi connectivity index (χ2v) is 7.52. The predicted octanol–water partition coefficient (Wildman–Crippen LogP) is 3.04. The van der Waals surface area contributed by atoms with Gasteiger partial charge in [-0.25, -0.2) is 4.98 Å². The molecule has 152 valence electrons. The standard InChI is InChI=1S/C21H24N4O3S/c1-12-6-7-18(28-5)17(8-12)25-19(26)10-23-20(27)11-29-21-16(9-22)14(3)13(2)15(4)24-21/h6-8H,10-11H2,1-5H3,(H,23,27)(H,25,26). The number of nitriles is 1. The van der Waals surface area contributed by atoms with Crippen LogP contribution in [0.2, 0.25) is 0 Å². The number of carbonyl (C=O) groups excluding carboxylic acids is 2. The number of amides is 2. The van der Waals surface area contributed by atoms with Crippen LogP contribution in [-0.4, -0.2) is 36.2 Å². The van der Waals surface area contributed by atoms with E-state index in [1.165, 1.54) is 18.9 Å². The second-order valence-electron chi connectivity index (χ2n) is 6.56. The average molecular weight is 413 g/mol. The molecule has 0 saturated carbocycles. The summed E-state index contributed by atoms with van der Waals surface area (Å²) < 4.78 is 5.23. The van der Waals surface area contributed by atoms with Crippen molar-refractivity contribution in [2.24, 2.45) is 0 Å². The van der Waals surface area contributed by atoms with Gasteiger partial charge in [-0.05, 0) is 56.5 Å². The number of nitrogens with one attached hydrogen (secondary N) is 2. The van der Waals surface area contributed by atoms with Gasteiger partial charge in [-0.1, -0.05) is 17.8 Å².